The van der Waals surface area contributed by atoms with Crippen molar-refractivity contribution in [2.45, 2.75) is 44.6 Å². The summed E-state index contributed by atoms with van der Waals surface area (Å²) in [5, 5.41) is 11.0. The van der Waals surface area contributed by atoms with Crippen LogP contribution in [0.4, 0.5) is 4.39 Å². The second-order valence-electron chi connectivity index (χ2n) is 5.46. The van der Waals surface area contributed by atoms with Gasteiger partial charge in [0, 0.05) is 5.92 Å². The van der Waals surface area contributed by atoms with Crippen molar-refractivity contribution >= 4 is 11.9 Å². The van der Waals surface area contributed by atoms with E-state index in [4.69, 9.17) is 5.11 Å². The van der Waals surface area contributed by atoms with Gasteiger partial charge in [-0.25, -0.2) is 9.18 Å². The van der Waals surface area contributed by atoms with Crippen molar-refractivity contribution in [3.8, 4) is 0 Å². The summed E-state index contributed by atoms with van der Waals surface area (Å²) < 4.78 is 12.4. The summed E-state index contributed by atoms with van der Waals surface area (Å²) in [5.41, 5.74) is 0. The summed E-state index contributed by atoms with van der Waals surface area (Å²) in [6.45, 7) is -1.05. The molecule has 0 spiro atoms. The van der Waals surface area contributed by atoms with Gasteiger partial charge in [-0.05, 0) is 18.3 Å². The molecule has 0 heterocycles. The van der Waals surface area contributed by atoms with Gasteiger partial charge < -0.3 is 10.4 Å². The molecule has 5 heteroatoms. The fourth-order valence-corrected chi connectivity index (χ4v) is 3.04. The second-order valence-corrected chi connectivity index (χ2v) is 5.46. The molecule has 102 valence electrons. The number of rotatable bonds is 5. The first-order valence-electron chi connectivity index (χ1n) is 6.72. The largest absolute Gasteiger partial charge is 0.480 e. The van der Waals surface area contributed by atoms with E-state index in [1.807, 2.05) is 0 Å². The van der Waals surface area contributed by atoms with Crippen molar-refractivity contribution in [3.05, 3.63) is 0 Å². The van der Waals surface area contributed by atoms with Crippen molar-refractivity contribution in [2.75, 3.05) is 6.67 Å². The predicted octanol–water partition coefficient (Wildman–Crippen LogP) is 1.74. The zero-order valence-electron chi connectivity index (χ0n) is 10.4. The molecule has 2 aliphatic rings. The number of carboxylic acid groups (broad SMARTS) is 1. The molecular weight excluding hydrogens is 237 g/mol. The first-order chi connectivity index (χ1) is 8.63. The van der Waals surface area contributed by atoms with Crippen LogP contribution in [-0.2, 0) is 9.59 Å². The minimum Gasteiger partial charge on any atom is -0.480 e. The number of carbonyl (C=O) groups excluding carboxylic acids is 1. The van der Waals surface area contributed by atoms with Crippen LogP contribution in [0, 0.1) is 17.8 Å². The lowest BCUT2D eigenvalue weighted by Gasteiger charge is -2.21. The summed E-state index contributed by atoms with van der Waals surface area (Å²) in [7, 11) is 0. The molecule has 0 saturated heterocycles. The Morgan fingerprint density at radius 2 is 1.94 bits per heavy atom. The Bertz CT molecular complexity index is 328. The molecule has 0 aromatic carbocycles. The average Bonchev–Trinajstić information content (AvgIpc) is 3.16. The van der Waals surface area contributed by atoms with Crippen LogP contribution in [0.15, 0.2) is 0 Å². The molecular formula is C13H20FNO3. The van der Waals surface area contributed by atoms with Gasteiger partial charge in [0.15, 0.2) is 6.04 Å². The van der Waals surface area contributed by atoms with E-state index in [2.05, 4.69) is 5.32 Å². The van der Waals surface area contributed by atoms with Gasteiger partial charge in [-0.3, -0.25) is 4.79 Å². The minimum atomic E-state index is -1.38. The Kier molecular flexibility index (Phi) is 4.19. The molecule has 4 nitrogen and oxygen atoms in total. The minimum absolute atomic E-state index is 0.0819. The van der Waals surface area contributed by atoms with Crippen LogP contribution in [0.25, 0.3) is 0 Å². The fraction of sp³-hybridized carbons (Fsp3) is 0.846. The van der Waals surface area contributed by atoms with Crippen molar-refractivity contribution in [1.29, 1.82) is 0 Å². The Morgan fingerprint density at radius 1 is 1.28 bits per heavy atom. The molecule has 0 radical (unpaired) electrons. The van der Waals surface area contributed by atoms with Crippen molar-refractivity contribution < 1.29 is 19.1 Å². The number of aliphatic carboxylic acids is 1. The standard InChI is InChI=1S/C13H20FNO3/c14-7-11(13(17)18)15-12(16)10-6-9(10)8-4-2-1-3-5-8/h8-11H,1-7H2,(H,15,16)(H,17,18). The van der Waals surface area contributed by atoms with E-state index >= 15 is 0 Å². The van der Waals surface area contributed by atoms with Gasteiger partial charge >= 0.3 is 5.97 Å². The molecule has 18 heavy (non-hydrogen) atoms. The maximum atomic E-state index is 12.4. The number of hydrogen-bond acceptors (Lipinski definition) is 2. The smallest absolute Gasteiger partial charge is 0.328 e. The maximum absolute atomic E-state index is 12.4. The lowest BCUT2D eigenvalue weighted by molar-refractivity contribution is -0.142. The predicted molar refractivity (Wildman–Crippen MR) is 63.7 cm³/mol. The number of halogens is 1. The summed E-state index contributed by atoms with van der Waals surface area (Å²) in [6.07, 6.45) is 6.95. The molecule has 3 atom stereocenters. The molecule has 2 aliphatic carbocycles. The number of carboxylic acids is 1. The van der Waals surface area contributed by atoms with E-state index in [0.29, 0.717) is 11.8 Å². The molecule has 2 N–H and O–H groups in total. The number of nitrogens with one attached hydrogen (secondary N) is 1. The summed E-state index contributed by atoms with van der Waals surface area (Å²) in [4.78, 5) is 22.4. The third-order valence-electron chi connectivity index (χ3n) is 4.20. The highest BCUT2D eigenvalue weighted by molar-refractivity contribution is 5.86. The Morgan fingerprint density at radius 3 is 2.50 bits per heavy atom. The normalized spacial score (nSPS) is 29.6. The second kappa shape index (κ2) is 5.67. The van der Waals surface area contributed by atoms with Crippen LogP contribution in [0.3, 0.4) is 0 Å². The highest BCUT2D eigenvalue weighted by atomic mass is 19.1. The molecule has 2 fully saturated rings. The molecule has 0 aromatic rings. The number of amides is 1. The Hall–Kier alpha value is -1.13. The third-order valence-corrected chi connectivity index (χ3v) is 4.20. The monoisotopic (exact) mass is 257 g/mol. The van der Waals surface area contributed by atoms with Crippen LogP contribution in [0.5, 0.6) is 0 Å². The van der Waals surface area contributed by atoms with Crippen molar-refractivity contribution in [3.63, 3.8) is 0 Å². The zero-order chi connectivity index (χ0) is 13.1. The van der Waals surface area contributed by atoms with Crippen LogP contribution in [0.2, 0.25) is 0 Å². The maximum Gasteiger partial charge on any atom is 0.328 e. The lowest BCUT2D eigenvalue weighted by atomic mass is 9.85. The summed E-state index contributed by atoms with van der Waals surface area (Å²) >= 11 is 0. The molecule has 2 rings (SSSR count). The molecule has 2 saturated carbocycles. The van der Waals surface area contributed by atoms with E-state index in [-0.39, 0.29) is 11.8 Å². The number of hydrogen-bond donors (Lipinski definition) is 2. The van der Waals surface area contributed by atoms with Gasteiger partial charge in [-0.15, -0.1) is 0 Å². The third kappa shape index (κ3) is 3.00. The van der Waals surface area contributed by atoms with Crippen LogP contribution in [-0.4, -0.2) is 29.7 Å². The van der Waals surface area contributed by atoms with Gasteiger partial charge in [-0.2, -0.15) is 0 Å². The SMILES string of the molecule is O=C(O)C(CF)NC(=O)C1CC1C1CCCCC1. The molecule has 1 amide bonds. The number of alkyl halides is 1. The molecule has 0 bridgehead atoms. The van der Waals surface area contributed by atoms with E-state index < -0.39 is 18.7 Å². The van der Waals surface area contributed by atoms with E-state index in [1.54, 1.807) is 0 Å². The van der Waals surface area contributed by atoms with Gasteiger partial charge in [0.05, 0.1) is 0 Å². The highest BCUT2D eigenvalue weighted by Gasteiger charge is 2.47. The number of carbonyl (C=O) groups is 2. The first-order valence-corrected chi connectivity index (χ1v) is 6.72. The highest BCUT2D eigenvalue weighted by Crippen LogP contribution is 2.49. The fourth-order valence-electron chi connectivity index (χ4n) is 3.04. The van der Waals surface area contributed by atoms with E-state index in [1.165, 1.54) is 32.1 Å². The van der Waals surface area contributed by atoms with Gasteiger partial charge in [0.1, 0.15) is 6.67 Å². The zero-order valence-corrected chi connectivity index (χ0v) is 10.4. The molecule has 3 unspecified atom stereocenters. The Labute approximate surface area is 106 Å². The lowest BCUT2D eigenvalue weighted by Crippen LogP contribution is -2.43. The average molecular weight is 257 g/mol. The summed E-state index contributed by atoms with van der Waals surface area (Å²) in [6, 6.07) is -1.38. The van der Waals surface area contributed by atoms with Crippen molar-refractivity contribution in [2.24, 2.45) is 17.8 Å². The molecule has 0 aromatic heterocycles. The van der Waals surface area contributed by atoms with Gasteiger partial charge in [0.2, 0.25) is 5.91 Å². The van der Waals surface area contributed by atoms with Crippen LogP contribution in [0.1, 0.15) is 38.5 Å². The van der Waals surface area contributed by atoms with E-state index in [9.17, 15) is 14.0 Å². The van der Waals surface area contributed by atoms with Gasteiger partial charge in [-0.1, -0.05) is 32.1 Å². The van der Waals surface area contributed by atoms with Crippen LogP contribution < -0.4 is 5.32 Å². The summed E-state index contributed by atoms with van der Waals surface area (Å²) in [5.74, 6) is -0.652. The first kappa shape index (κ1) is 13.3. The quantitative estimate of drug-likeness (QED) is 0.788. The molecule has 0 aliphatic heterocycles. The van der Waals surface area contributed by atoms with Crippen molar-refractivity contribution in [1.82, 2.24) is 5.32 Å². The Balaban J connectivity index is 1.79. The topological polar surface area (TPSA) is 66.4 Å². The van der Waals surface area contributed by atoms with Gasteiger partial charge in [0.25, 0.3) is 0 Å². The van der Waals surface area contributed by atoms with Crippen LogP contribution >= 0.6 is 0 Å². The van der Waals surface area contributed by atoms with E-state index in [0.717, 1.165) is 6.42 Å².